The molecule has 0 amide bonds. The molecule has 1 aromatic rings. The van der Waals surface area contributed by atoms with Crippen molar-refractivity contribution in [2.75, 3.05) is 20.2 Å². The maximum absolute atomic E-state index is 10.8. The topological polar surface area (TPSA) is 41.9 Å². The van der Waals surface area contributed by atoms with Crippen molar-refractivity contribution in [3.63, 3.8) is 0 Å². The van der Waals surface area contributed by atoms with Gasteiger partial charge in [0.05, 0.1) is 7.11 Å². The van der Waals surface area contributed by atoms with Crippen molar-refractivity contribution in [3.8, 4) is 11.5 Å². The van der Waals surface area contributed by atoms with E-state index in [9.17, 15) is 5.11 Å². The molecule has 6 rings (SSSR count). The number of aliphatic hydroxyl groups excluding tert-OH is 1. The van der Waals surface area contributed by atoms with Crippen LogP contribution in [0, 0.1) is 18.8 Å². The van der Waals surface area contributed by atoms with E-state index in [-0.39, 0.29) is 11.5 Å². The first kappa shape index (κ1) is 15.5. The third-order valence-electron chi connectivity index (χ3n) is 7.73. The van der Waals surface area contributed by atoms with E-state index in [0.29, 0.717) is 12.0 Å². The molecule has 138 valence electrons. The minimum absolute atomic E-state index is 0.0822. The number of hydrogen-bond donors (Lipinski definition) is 1. The second-order valence-corrected chi connectivity index (χ2v) is 9.02. The lowest BCUT2D eigenvalue weighted by molar-refractivity contribution is -0.0526. The molecular weight excluding hydrogens is 326 g/mol. The molecule has 1 N–H and O–H groups in total. The van der Waals surface area contributed by atoms with Crippen LogP contribution >= 0.6 is 0 Å². The number of nitrogens with zero attached hydrogens (tertiary/aromatic N) is 1. The first-order valence-corrected chi connectivity index (χ1v) is 10.1. The van der Waals surface area contributed by atoms with Crippen molar-refractivity contribution in [1.29, 1.82) is 0 Å². The lowest BCUT2D eigenvalue weighted by Crippen LogP contribution is -2.65. The van der Waals surface area contributed by atoms with E-state index >= 15 is 0 Å². The molecule has 2 heterocycles. The van der Waals surface area contributed by atoms with E-state index in [1.54, 1.807) is 7.11 Å². The predicted octanol–water partition coefficient (Wildman–Crippen LogP) is 2.59. The highest BCUT2D eigenvalue weighted by atomic mass is 16.5. The minimum atomic E-state index is -0.537. The Labute approximate surface area is 154 Å². The summed E-state index contributed by atoms with van der Waals surface area (Å²) in [6.45, 7) is 4.57. The minimum Gasteiger partial charge on any atom is -0.493 e. The zero-order valence-corrected chi connectivity index (χ0v) is 15.6. The Morgan fingerprint density at radius 2 is 2.19 bits per heavy atom. The van der Waals surface area contributed by atoms with Gasteiger partial charge in [-0.15, -0.1) is 0 Å². The van der Waals surface area contributed by atoms with Crippen LogP contribution in [0.25, 0.3) is 0 Å². The second kappa shape index (κ2) is 5.05. The lowest BCUT2D eigenvalue weighted by Gasteiger charge is -2.57. The fraction of sp³-hybridized carbons (Fsp3) is 0.636. The van der Waals surface area contributed by atoms with E-state index in [2.05, 4.69) is 24.0 Å². The molecule has 3 aliphatic carbocycles. The monoisotopic (exact) mass is 353 g/mol. The van der Waals surface area contributed by atoms with Gasteiger partial charge in [0.2, 0.25) is 0 Å². The molecule has 0 radical (unpaired) electrons. The summed E-state index contributed by atoms with van der Waals surface area (Å²) in [4.78, 5) is 2.75. The number of ether oxygens (including phenoxy) is 2. The molecule has 1 aromatic carbocycles. The second-order valence-electron chi connectivity index (χ2n) is 9.02. The normalized spacial score (nSPS) is 39.5. The molecule has 5 atom stereocenters. The highest BCUT2D eigenvalue weighted by Crippen LogP contribution is 2.63. The predicted molar refractivity (Wildman–Crippen MR) is 98.9 cm³/mol. The third-order valence-corrected chi connectivity index (χ3v) is 7.73. The Kier molecular flexibility index (Phi) is 3.02. The Bertz CT molecular complexity index is 814. The molecule has 26 heavy (non-hydrogen) atoms. The summed E-state index contributed by atoms with van der Waals surface area (Å²) in [5, 5.41) is 10.8. The highest BCUT2D eigenvalue weighted by molar-refractivity contribution is 5.64. The largest absolute Gasteiger partial charge is 0.493 e. The maximum atomic E-state index is 10.8. The number of aryl methyl sites for hydroxylation is 1. The molecule has 1 spiro atoms. The van der Waals surface area contributed by atoms with Gasteiger partial charge in [-0.2, -0.15) is 0 Å². The number of methoxy groups -OCH3 is 1. The molecule has 5 aliphatic rings. The first-order valence-electron chi connectivity index (χ1n) is 10.1. The summed E-state index contributed by atoms with van der Waals surface area (Å²) in [7, 11) is 1.72. The van der Waals surface area contributed by atoms with Gasteiger partial charge >= 0.3 is 0 Å². The SMILES string of the molecule is COc1cc(C)c2c3c1OC1C(O)C=CC4C(C2)N(CC2CC2)CCC341. The molecular formula is C22H27NO3. The van der Waals surface area contributed by atoms with Crippen LogP contribution in [0.1, 0.15) is 36.0 Å². The average Bonchev–Trinajstić information content (AvgIpc) is 3.38. The first-order chi connectivity index (χ1) is 12.6. The van der Waals surface area contributed by atoms with E-state index in [1.807, 2.05) is 6.08 Å². The third kappa shape index (κ3) is 1.77. The zero-order valence-electron chi connectivity index (χ0n) is 15.6. The van der Waals surface area contributed by atoms with Gasteiger partial charge in [-0.25, -0.2) is 0 Å². The summed E-state index contributed by atoms with van der Waals surface area (Å²) in [6, 6.07) is 2.66. The maximum Gasteiger partial charge on any atom is 0.166 e. The Balaban J connectivity index is 1.56. The van der Waals surface area contributed by atoms with Crippen LogP contribution in [0.15, 0.2) is 18.2 Å². The molecule has 2 aliphatic heterocycles. The molecule has 5 unspecified atom stereocenters. The van der Waals surface area contributed by atoms with Crippen molar-refractivity contribution in [1.82, 2.24) is 4.90 Å². The van der Waals surface area contributed by atoms with Gasteiger partial charge in [0.1, 0.15) is 12.2 Å². The summed E-state index contributed by atoms with van der Waals surface area (Å²) in [6.07, 6.45) is 8.54. The Morgan fingerprint density at radius 3 is 2.96 bits per heavy atom. The number of likely N-dealkylation sites (tertiary alicyclic amines) is 1. The highest BCUT2D eigenvalue weighted by Gasteiger charge is 2.64. The van der Waals surface area contributed by atoms with Crippen LogP contribution in [0.5, 0.6) is 11.5 Å². The van der Waals surface area contributed by atoms with Gasteiger partial charge in [0.15, 0.2) is 11.5 Å². The van der Waals surface area contributed by atoms with Gasteiger partial charge < -0.3 is 14.6 Å². The number of aliphatic hydroxyl groups is 1. The van der Waals surface area contributed by atoms with Crippen LogP contribution in [0.4, 0.5) is 0 Å². The van der Waals surface area contributed by atoms with Crippen LogP contribution in [-0.4, -0.2) is 48.5 Å². The fourth-order valence-corrected chi connectivity index (χ4v) is 6.39. The van der Waals surface area contributed by atoms with E-state index in [0.717, 1.165) is 36.8 Å². The summed E-state index contributed by atoms with van der Waals surface area (Å²) < 4.78 is 12.1. The molecule has 2 bridgehead atoms. The summed E-state index contributed by atoms with van der Waals surface area (Å²) in [5.74, 6) is 3.07. The number of hydrogen-bond acceptors (Lipinski definition) is 4. The lowest BCUT2D eigenvalue weighted by atomic mass is 9.53. The van der Waals surface area contributed by atoms with Crippen LogP contribution in [0.2, 0.25) is 0 Å². The number of benzene rings is 1. The molecule has 1 saturated carbocycles. The Hall–Kier alpha value is -1.52. The van der Waals surface area contributed by atoms with Gasteiger partial charge in [-0.05, 0) is 62.3 Å². The number of rotatable bonds is 3. The Morgan fingerprint density at radius 1 is 1.35 bits per heavy atom. The van der Waals surface area contributed by atoms with Gasteiger partial charge in [-0.1, -0.05) is 12.2 Å². The average molecular weight is 353 g/mol. The van der Waals surface area contributed by atoms with E-state index < -0.39 is 6.10 Å². The van der Waals surface area contributed by atoms with Crippen molar-refractivity contribution in [2.45, 2.75) is 56.3 Å². The van der Waals surface area contributed by atoms with E-state index in [4.69, 9.17) is 9.47 Å². The standard InChI is InChI=1S/C22H27NO3/c1-12-9-18(25-2)20-19-14(12)10-16-15-5-6-17(24)21(26-20)22(15,19)7-8-23(16)11-13-3-4-13/h5-6,9,13,15-17,21,24H,3-4,7-8,10-11H2,1-2H3. The molecule has 4 nitrogen and oxygen atoms in total. The van der Waals surface area contributed by atoms with Crippen LogP contribution in [0.3, 0.4) is 0 Å². The van der Waals surface area contributed by atoms with Gasteiger partial charge in [0, 0.05) is 29.5 Å². The van der Waals surface area contributed by atoms with Crippen molar-refractivity contribution in [3.05, 3.63) is 34.9 Å². The zero-order chi connectivity index (χ0) is 17.6. The molecule has 0 aromatic heterocycles. The fourth-order valence-electron chi connectivity index (χ4n) is 6.39. The molecule has 2 fully saturated rings. The summed E-state index contributed by atoms with van der Waals surface area (Å²) in [5.41, 5.74) is 4.04. The van der Waals surface area contributed by atoms with Crippen molar-refractivity contribution in [2.24, 2.45) is 11.8 Å². The quantitative estimate of drug-likeness (QED) is 0.848. The van der Waals surface area contributed by atoms with Gasteiger partial charge in [-0.3, -0.25) is 4.90 Å². The smallest absolute Gasteiger partial charge is 0.166 e. The summed E-state index contributed by atoms with van der Waals surface area (Å²) >= 11 is 0. The van der Waals surface area contributed by atoms with Gasteiger partial charge in [0.25, 0.3) is 0 Å². The molecule has 1 saturated heterocycles. The molecule has 4 heteroatoms. The van der Waals surface area contributed by atoms with Crippen LogP contribution < -0.4 is 9.47 Å². The van der Waals surface area contributed by atoms with Crippen molar-refractivity contribution >= 4 is 0 Å². The number of piperidine rings is 1. The van der Waals surface area contributed by atoms with E-state index in [1.165, 1.54) is 36.1 Å². The van der Waals surface area contributed by atoms with Crippen LogP contribution in [-0.2, 0) is 11.8 Å². The van der Waals surface area contributed by atoms with Crippen molar-refractivity contribution < 1.29 is 14.6 Å².